The molecule has 0 spiro atoms. The van der Waals surface area contributed by atoms with Crippen molar-refractivity contribution in [2.45, 2.75) is 97.3 Å². The van der Waals surface area contributed by atoms with E-state index < -0.39 is 0 Å². The Morgan fingerprint density at radius 1 is 0.913 bits per heavy atom. The van der Waals surface area contributed by atoms with Crippen molar-refractivity contribution in [1.82, 2.24) is 0 Å². The lowest BCUT2D eigenvalue weighted by Gasteiger charge is -2.37. The average molecular weight is 315 g/mol. The van der Waals surface area contributed by atoms with Gasteiger partial charge in [-0.2, -0.15) is 0 Å². The average Bonchev–Trinajstić information content (AvgIpc) is 2.60. The summed E-state index contributed by atoms with van der Waals surface area (Å²) in [6, 6.07) is 0. The van der Waals surface area contributed by atoms with Crippen LogP contribution in [0, 0.1) is 35.5 Å². The molecule has 0 nitrogen and oxygen atoms in total. The monoisotopic (exact) mass is 314 g/mol. The number of unbranched alkanes of at least 4 members (excludes halogenated alkanes) is 2. The van der Waals surface area contributed by atoms with E-state index in [1.807, 2.05) is 0 Å². The largest absolute Gasteiger partial charge is 0.103 e. The fourth-order valence-corrected chi connectivity index (χ4v) is 4.66. The van der Waals surface area contributed by atoms with E-state index in [4.69, 9.17) is 0 Å². The predicted octanol–water partition coefficient (Wildman–Crippen LogP) is 7.15. The molecule has 0 atom stereocenters. The van der Waals surface area contributed by atoms with Crippen LogP contribution in [0.25, 0.3) is 0 Å². The first-order chi connectivity index (χ1) is 11.3. The first-order valence-electron chi connectivity index (χ1n) is 10.4. The molecule has 0 radical (unpaired) electrons. The quantitative estimate of drug-likeness (QED) is 0.277. The van der Waals surface area contributed by atoms with Crippen LogP contribution >= 0.6 is 0 Å². The molecule has 2 fully saturated rings. The molecule has 0 heterocycles. The molecular formula is C23H38. The molecule has 23 heavy (non-hydrogen) atoms. The minimum Gasteiger partial charge on any atom is -0.103 e. The maximum Gasteiger partial charge on any atom is 0.0203 e. The minimum absolute atomic E-state index is 0.722. The lowest BCUT2D eigenvalue weighted by atomic mass is 9.69. The van der Waals surface area contributed by atoms with Crippen LogP contribution in [0.4, 0.5) is 0 Å². The van der Waals surface area contributed by atoms with Gasteiger partial charge in [-0.3, -0.25) is 0 Å². The van der Waals surface area contributed by atoms with Gasteiger partial charge in [0, 0.05) is 12.3 Å². The second-order valence-corrected chi connectivity index (χ2v) is 7.96. The van der Waals surface area contributed by atoms with Gasteiger partial charge in [-0.05, 0) is 82.5 Å². The van der Waals surface area contributed by atoms with Crippen molar-refractivity contribution in [2.24, 2.45) is 23.7 Å². The summed E-state index contributed by atoms with van der Waals surface area (Å²) in [5.74, 6) is 10.8. The fourth-order valence-electron chi connectivity index (χ4n) is 4.66. The van der Waals surface area contributed by atoms with Gasteiger partial charge in [0.25, 0.3) is 0 Å². The number of rotatable bonds is 6. The van der Waals surface area contributed by atoms with Crippen molar-refractivity contribution < 1.29 is 0 Å². The number of allylic oxidation sites excluding steroid dienone is 2. The van der Waals surface area contributed by atoms with E-state index in [1.54, 1.807) is 0 Å². The number of hydrogen-bond donors (Lipinski definition) is 0. The Labute approximate surface area is 145 Å². The Morgan fingerprint density at radius 3 is 2.17 bits per heavy atom. The SMILES string of the molecule is C/C=C/CC[C@H]1CC[C@H]([C@H]2CC[C@H](C#CCCCC)CC2)CC1. The first-order valence-corrected chi connectivity index (χ1v) is 10.4. The second-order valence-electron chi connectivity index (χ2n) is 7.96. The zero-order valence-electron chi connectivity index (χ0n) is 15.7. The topological polar surface area (TPSA) is 0 Å². The zero-order chi connectivity index (χ0) is 16.3. The summed E-state index contributed by atoms with van der Waals surface area (Å²) >= 11 is 0. The highest BCUT2D eigenvalue weighted by Crippen LogP contribution is 2.42. The van der Waals surface area contributed by atoms with E-state index in [1.165, 1.54) is 77.0 Å². The van der Waals surface area contributed by atoms with Crippen LogP contribution in [0.3, 0.4) is 0 Å². The molecule has 0 aromatic rings. The van der Waals surface area contributed by atoms with Crippen LogP contribution in [0.5, 0.6) is 0 Å². The molecular weight excluding hydrogens is 276 g/mol. The van der Waals surface area contributed by atoms with Crippen molar-refractivity contribution in [2.75, 3.05) is 0 Å². The molecule has 0 saturated heterocycles. The van der Waals surface area contributed by atoms with Crippen LogP contribution < -0.4 is 0 Å². The molecule has 0 N–H and O–H groups in total. The summed E-state index contributed by atoms with van der Waals surface area (Å²) in [5.41, 5.74) is 0. The van der Waals surface area contributed by atoms with E-state index in [0.29, 0.717) is 0 Å². The lowest BCUT2D eigenvalue weighted by molar-refractivity contribution is 0.154. The molecule has 0 unspecified atom stereocenters. The Morgan fingerprint density at radius 2 is 1.57 bits per heavy atom. The summed E-state index contributed by atoms with van der Waals surface area (Å²) in [4.78, 5) is 0. The third-order valence-electron chi connectivity index (χ3n) is 6.27. The molecule has 0 bridgehead atoms. The highest BCUT2D eigenvalue weighted by molar-refractivity contribution is 5.05. The second kappa shape index (κ2) is 11.0. The van der Waals surface area contributed by atoms with Gasteiger partial charge in [-0.25, -0.2) is 0 Å². The Balaban J connectivity index is 1.63. The van der Waals surface area contributed by atoms with Gasteiger partial charge in [0.05, 0.1) is 0 Å². The molecule has 0 aliphatic heterocycles. The van der Waals surface area contributed by atoms with Gasteiger partial charge in [0.2, 0.25) is 0 Å². The standard InChI is InChI=1S/C23H38/c1-3-5-7-9-11-21-14-18-23(19-15-21)22-16-12-20(13-17-22)10-8-6-4-2/h4,6,20-23H,3,5,7-8,10,12-19H2,1-2H3/b6-4+/t20-,21-,22-,23-. The van der Waals surface area contributed by atoms with Gasteiger partial charge in [-0.15, -0.1) is 5.92 Å². The summed E-state index contributed by atoms with van der Waals surface area (Å²) in [7, 11) is 0. The summed E-state index contributed by atoms with van der Waals surface area (Å²) in [6.07, 6.45) is 22.6. The summed E-state index contributed by atoms with van der Waals surface area (Å²) in [5, 5.41) is 0. The van der Waals surface area contributed by atoms with Crippen LogP contribution in [-0.2, 0) is 0 Å². The van der Waals surface area contributed by atoms with Gasteiger partial charge >= 0.3 is 0 Å². The van der Waals surface area contributed by atoms with Crippen LogP contribution in [0.15, 0.2) is 12.2 Å². The van der Waals surface area contributed by atoms with E-state index in [2.05, 4.69) is 37.8 Å². The third-order valence-corrected chi connectivity index (χ3v) is 6.27. The van der Waals surface area contributed by atoms with Crippen LogP contribution in [-0.4, -0.2) is 0 Å². The maximum atomic E-state index is 3.56. The Hall–Kier alpha value is -0.700. The van der Waals surface area contributed by atoms with Crippen molar-refractivity contribution in [3.63, 3.8) is 0 Å². The predicted molar refractivity (Wildman–Crippen MR) is 102 cm³/mol. The Kier molecular flexibility index (Phi) is 8.88. The number of hydrogen-bond acceptors (Lipinski definition) is 0. The molecule has 130 valence electrons. The van der Waals surface area contributed by atoms with Crippen molar-refractivity contribution in [1.29, 1.82) is 0 Å². The molecule has 2 aliphatic rings. The molecule has 2 aliphatic carbocycles. The highest BCUT2D eigenvalue weighted by Gasteiger charge is 2.30. The molecule has 0 aromatic carbocycles. The Bertz CT molecular complexity index is 378. The van der Waals surface area contributed by atoms with E-state index in [9.17, 15) is 0 Å². The normalized spacial score (nSPS) is 31.7. The van der Waals surface area contributed by atoms with E-state index in [-0.39, 0.29) is 0 Å². The molecule has 0 heteroatoms. The maximum absolute atomic E-state index is 3.56. The van der Waals surface area contributed by atoms with Crippen molar-refractivity contribution >= 4 is 0 Å². The van der Waals surface area contributed by atoms with Gasteiger partial charge in [-0.1, -0.05) is 44.3 Å². The van der Waals surface area contributed by atoms with Gasteiger partial charge in [0.1, 0.15) is 0 Å². The van der Waals surface area contributed by atoms with Crippen LogP contribution in [0.2, 0.25) is 0 Å². The van der Waals surface area contributed by atoms with Crippen molar-refractivity contribution in [3.8, 4) is 11.8 Å². The first kappa shape index (κ1) is 18.6. The third kappa shape index (κ3) is 6.74. The molecule has 0 amide bonds. The minimum atomic E-state index is 0.722. The van der Waals surface area contributed by atoms with Gasteiger partial charge in [0.15, 0.2) is 0 Å². The molecule has 2 saturated carbocycles. The molecule has 0 aromatic heterocycles. The molecule has 2 rings (SSSR count). The fraction of sp³-hybridized carbons (Fsp3) is 0.826. The highest BCUT2D eigenvalue weighted by atomic mass is 14.3. The van der Waals surface area contributed by atoms with Crippen LogP contribution in [0.1, 0.15) is 97.3 Å². The van der Waals surface area contributed by atoms with Crippen molar-refractivity contribution in [3.05, 3.63) is 12.2 Å². The summed E-state index contributed by atoms with van der Waals surface area (Å²) < 4.78 is 0. The summed E-state index contributed by atoms with van der Waals surface area (Å²) in [6.45, 7) is 4.39. The smallest absolute Gasteiger partial charge is 0.0203 e. The zero-order valence-corrected chi connectivity index (χ0v) is 15.7. The van der Waals surface area contributed by atoms with E-state index >= 15 is 0 Å². The van der Waals surface area contributed by atoms with E-state index in [0.717, 1.165) is 30.1 Å². The van der Waals surface area contributed by atoms with Gasteiger partial charge < -0.3 is 0 Å². The lowest BCUT2D eigenvalue weighted by Crippen LogP contribution is -2.25.